The van der Waals surface area contributed by atoms with E-state index in [0.717, 1.165) is 11.3 Å². The van der Waals surface area contributed by atoms with Crippen molar-refractivity contribution >= 4 is 23.3 Å². The lowest BCUT2D eigenvalue weighted by atomic mass is 10.2. The second kappa shape index (κ2) is 4.23. The van der Waals surface area contributed by atoms with Gasteiger partial charge in [-0.3, -0.25) is 0 Å². The molecule has 0 saturated carbocycles. The van der Waals surface area contributed by atoms with E-state index < -0.39 is 11.9 Å². The van der Waals surface area contributed by atoms with E-state index in [2.05, 4.69) is 0 Å². The van der Waals surface area contributed by atoms with Gasteiger partial charge in [-0.05, 0) is 19.4 Å². The highest BCUT2D eigenvalue weighted by atomic mass is 32.1. The van der Waals surface area contributed by atoms with Crippen molar-refractivity contribution in [2.24, 2.45) is 0 Å². The van der Waals surface area contributed by atoms with Gasteiger partial charge < -0.3 is 9.84 Å². The lowest BCUT2D eigenvalue weighted by Gasteiger charge is -1.99. The quantitative estimate of drug-likeness (QED) is 0.781. The van der Waals surface area contributed by atoms with Crippen molar-refractivity contribution in [2.45, 2.75) is 13.8 Å². The standard InChI is InChI=1S/C9H10O4S/c1-3-13-9(12)7-5(2)6(4-14-7)8(10)11/h4H,3H2,1-2H3,(H,10,11). The van der Waals surface area contributed by atoms with Crippen molar-refractivity contribution in [3.63, 3.8) is 0 Å². The van der Waals surface area contributed by atoms with Gasteiger partial charge in [0, 0.05) is 5.38 Å². The Hall–Kier alpha value is -1.36. The first-order chi connectivity index (χ1) is 6.57. The minimum Gasteiger partial charge on any atom is -0.478 e. The van der Waals surface area contributed by atoms with Gasteiger partial charge in [0.1, 0.15) is 4.88 Å². The molecule has 0 aromatic carbocycles. The molecule has 76 valence electrons. The molecule has 0 bridgehead atoms. The van der Waals surface area contributed by atoms with Gasteiger partial charge in [-0.2, -0.15) is 0 Å². The molecule has 0 radical (unpaired) electrons. The van der Waals surface area contributed by atoms with Crippen molar-refractivity contribution in [2.75, 3.05) is 6.61 Å². The molecule has 4 nitrogen and oxygen atoms in total. The number of hydrogen-bond donors (Lipinski definition) is 1. The summed E-state index contributed by atoms with van der Waals surface area (Å²) in [5.41, 5.74) is 0.638. The SMILES string of the molecule is CCOC(=O)c1scc(C(=O)O)c1C. The third kappa shape index (κ3) is 1.93. The number of rotatable bonds is 3. The Balaban J connectivity index is 3.00. The zero-order valence-electron chi connectivity index (χ0n) is 7.86. The van der Waals surface area contributed by atoms with Gasteiger partial charge in [-0.25, -0.2) is 9.59 Å². The maximum atomic E-state index is 11.3. The molecule has 1 heterocycles. The summed E-state index contributed by atoms with van der Waals surface area (Å²) in [7, 11) is 0. The smallest absolute Gasteiger partial charge is 0.348 e. The van der Waals surface area contributed by atoms with Crippen LogP contribution in [0.5, 0.6) is 0 Å². The summed E-state index contributed by atoms with van der Waals surface area (Å²) in [5.74, 6) is -1.48. The second-order valence-corrected chi connectivity index (χ2v) is 3.51. The molecule has 0 amide bonds. The summed E-state index contributed by atoms with van der Waals surface area (Å²) in [6.45, 7) is 3.60. The maximum Gasteiger partial charge on any atom is 0.348 e. The highest BCUT2D eigenvalue weighted by molar-refractivity contribution is 7.12. The van der Waals surface area contributed by atoms with E-state index in [-0.39, 0.29) is 5.56 Å². The number of carboxylic acid groups (broad SMARTS) is 1. The molecule has 14 heavy (non-hydrogen) atoms. The van der Waals surface area contributed by atoms with Crippen LogP contribution in [0.4, 0.5) is 0 Å². The first-order valence-electron chi connectivity index (χ1n) is 4.06. The number of ether oxygens (including phenoxy) is 1. The van der Waals surface area contributed by atoms with Crippen LogP contribution >= 0.6 is 11.3 Å². The molecule has 0 atom stereocenters. The number of carbonyl (C=O) groups is 2. The van der Waals surface area contributed by atoms with Crippen molar-refractivity contribution in [1.82, 2.24) is 0 Å². The molecule has 1 rings (SSSR count). The Morgan fingerprint density at radius 1 is 1.57 bits per heavy atom. The molecule has 0 spiro atoms. The molecule has 0 unspecified atom stereocenters. The number of carboxylic acids is 1. The van der Waals surface area contributed by atoms with Crippen LogP contribution in [0.15, 0.2) is 5.38 Å². The van der Waals surface area contributed by atoms with E-state index in [4.69, 9.17) is 9.84 Å². The van der Waals surface area contributed by atoms with Crippen LogP contribution in [-0.2, 0) is 4.74 Å². The van der Waals surface area contributed by atoms with Crippen LogP contribution in [0.1, 0.15) is 32.5 Å². The molecular weight excluding hydrogens is 204 g/mol. The summed E-state index contributed by atoms with van der Waals surface area (Å²) in [6.07, 6.45) is 0. The van der Waals surface area contributed by atoms with Crippen LogP contribution in [0.25, 0.3) is 0 Å². The van der Waals surface area contributed by atoms with Gasteiger partial charge >= 0.3 is 11.9 Å². The van der Waals surface area contributed by atoms with Gasteiger partial charge in [0.25, 0.3) is 0 Å². The molecule has 0 saturated heterocycles. The Morgan fingerprint density at radius 2 is 2.21 bits per heavy atom. The number of esters is 1. The third-order valence-corrected chi connectivity index (χ3v) is 2.79. The number of hydrogen-bond acceptors (Lipinski definition) is 4. The van der Waals surface area contributed by atoms with E-state index in [9.17, 15) is 9.59 Å². The molecule has 1 N–H and O–H groups in total. The average Bonchev–Trinajstić information content (AvgIpc) is 2.47. The van der Waals surface area contributed by atoms with Gasteiger partial charge in [-0.1, -0.05) is 0 Å². The second-order valence-electron chi connectivity index (χ2n) is 2.63. The van der Waals surface area contributed by atoms with E-state index in [1.165, 1.54) is 5.38 Å². The monoisotopic (exact) mass is 214 g/mol. The molecule has 1 aromatic rings. The number of thiophene rings is 1. The molecule has 0 aliphatic carbocycles. The highest BCUT2D eigenvalue weighted by Crippen LogP contribution is 2.22. The van der Waals surface area contributed by atoms with Gasteiger partial charge in [-0.15, -0.1) is 11.3 Å². The zero-order chi connectivity index (χ0) is 10.7. The average molecular weight is 214 g/mol. The van der Waals surface area contributed by atoms with Crippen molar-refractivity contribution in [3.8, 4) is 0 Å². The van der Waals surface area contributed by atoms with Crippen LogP contribution < -0.4 is 0 Å². The van der Waals surface area contributed by atoms with Gasteiger partial charge in [0.2, 0.25) is 0 Å². The normalized spacial score (nSPS) is 9.86. The van der Waals surface area contributed by atoms with E-state index >= 15 is 0 Å². The largest absolute Gasteiger partial charge is 0.478 e. The van der Waals surface area contributed by atoms with Gasteiger partial charge in [0.05, 0.1) is 12.2 Å². The topological polar surface area (TPSA) is 63.6 Å². The Morgan fingerprint density at radius 3 is 2.64 bits per heavy atom. The number of aromatic carboxylic acids is 1. The highest BCUT2D eigenvalue weighted by Gasteiger charge is 2.18. The Labute approximate surface area is 85.1 Å². The van der Waals surface area contributed by atoms with Crippen LogP contribution in [-0.4, -0.2) is 23.7 Å². The minimum absolute atomic E-state index is 0.165. The van der Waals surface area contributed by atoms with Crippen LogP contribution in [0, 0.1) is 6.92 Å². The summed E-state index contributed by atoms with van der Waals surface area (Å²) in [4.78, 5) is 22.3. The van der Waals surface area contributed by atoms with Crippen LogP contribution in [0.3, 0.4) is 0 Å². The van der Waals surface area contributed by atoms with Crippen molar-refractivity contribution in [3.05, 3.63) is 21.4 Å². The van der Waals surface area contributed by atoms with E-state index in [0.29, 0.717) is 17.0 Å². The van der Waals surface area contributed by atoms with E-state index in [1.807, 2.05) is 0 Å². The first kappa shape index (κ1) is 10.7. The fourth-order valence-electron chi connectivity index (χ4n) is 1.03. The summed E-state index contributed by atoms with van der Waals surface area (Å²) < 4.78 is 4.78. The molecule has 0 aliphatic rings. The maximum absolute atomic E-state index is 11.3. The predicted molar refractivity (Wildman–Crippen MR) is 52.0 cm³/mol. The zero-order valence-corrected chi connectivity index (χ0v) is 8.68. The molecule has 0 aliphatic heterocycles. The number of carbonyl (C=O) groups excluding carboxylic acids is 1. The van der Waals surface area contributed by atoms with E-state index in [1.54, 1.807) is 13.8 Å². The third-order valence-electron chi connectivity index (χ3n) is 1.73. The summed E-state index contributed by atoms with van der Waals surface area (Å²) in [6, 6.07) is 0. The van der Waals surface area contributed by atoms with Crippen molar-refractivity contribution in [1.29, 1.82) is 0 Å². The van der Waals surface area contributed by atoms with Gasteiger partial charge in [0.15, 0.2) is 0 Å². The predicted octanol–water partition coefficient (Wildman–Crippen LogP) is 1.93. The summed E-state index contributed by atoms with van der Waals surface area (Å²) in [5, 5.41) is 10.2. The first-order valence-corrected chi connectivity index (χ1v) is 4.94. The van der Waals surface area contributed by atoms with Crippen LogP contribution in [0.2, 0.25) is 0 Å². The lowest BCUT2D eigenvalue weighted by Crippen LogP contribution is -2.05. The lowest BCUT2D eigenvalue weighted by molar-refractivity contribution is 0.0531. The minimum atomic E-state index is -1.02. The molecule has 0 fully saturated rings. The molecule has 5 heteroatoms. The fraction of sp³-hybridized carbons (Fsp3) is 0.333. The Kier molecular flexibility index (Phi) is 3.24. The fourth-order valence-corrected chi connectivity index (χ4v) is 1.98. The molecule has 1 aromatic heterocycles. The van der Waals surface area contributed by atoms with Crippen molar-refractivity contribution < 1.29 is 19.4 Å². The molecular formula is C9H10O4S. The summed E-state index contributed by atoms with van der Waals surface area (Å²) >= 11 is 1.10. The Bertz CT molecular complexity index is 367.